The predicted octanol–water partition coefficient (Wildman–Crippen LogP) is 0.166. The average Bonchev–Trinajstić information content (AvgIpc) is 2.29. The first kappa shape index (κ1) is 13.9. The van der Waals surface area contributed by atoms with Crippen LogP contribution in [0.25, 0.3) is 0 Å². The molecular weight excluding hydrogens is 228 g/mol. The maximum Gasteiger partial charge on any atom is 0.214 e. The molecule has 16 heavy (non-hydrogen) atoms. The van der Waals surface area contributed by atoms with Crippen LogP contribution in [-0.4, -0.2) is 50.8 Å². The minimum Gasteiger partial charge on any atom is -0.378 e. The Labute approximate surface area is 98.0 Å². The van der Waals surface area contributed by atoms with Crippen molar-refractivity contribution in [2.24, 2.45) is 5.73 Å². The Morgan fingerprint density at radius 3 is 2.81 bits per heavy atom. The lowest BCUT2D eigenvalue weighted by molar-refractivity contribution is 0.0314. The molecule has 1 heterocycles. The number of morpholine rings is 1. The van der Waals surface area contributed by atoms with Crippen LogP contribution in [0.4, 0.5) is 0 Å². The van der Waals surface area contributed by atoms with Crippen molar-refractivity contribution in [1.29, 1.82) is 0 Å². The molecule has 0 aromatic carbocycles. The summed E-state index contributed by atoms with van der Waals surface area (Å²) in [7, 11) is -3.12. The first-order chi connectivity index (χ1) is 7.61. The lowest BCUT2D eigenvalue weighted by Crippen LogP contribution is -2.49. The molecule has 5 nitrogen and oxygen atoms in total. The van der Waals surface area contributed by atoms with Gasteiger partial charge in [-0.25, -0.2) is 8.42 Å². The molecule has 1 atom stereocenters. The Morgan fingerprint density at radius 2 is 2.19 bits per heavy atom. The zero-order chi connectivity index (χ0) is 12.0. The highest BCUT2D eigenvalue weighted by atomic mass is 32.2. The van der Waals surface area contributed by atoms with Gasteiger partial charge in [0.1, 0.15) is 0 Å². The Hall–Kier alpha value is -0.170. The van der Waals surface area contributed by atoms with Crippen molar-refractivity contribution in [3.05, 3.63) is 0 Å². The molecule has 0 saturated carbocycles. The molecule has 1 rings (SSSR count). The second-order valence-electron chi connectivity index (χ2n) is 4.06. The number of unbranched alkanes of at least 4 members (excludes halogenated alkanes) is 1. The van der Waals surface area contributed by atoms with Crippen molar-refractivity contribution in [3.63, 3.8) is 0 Å². The monoisotopic (exact) mass is 250 g/mol. The van der Waals surface area contributed by atoms with Crippen molar-refractivity contribution >= 4 is 10.0 Å². The molecule has 6 heteroatoms. The van der Waals surface area contributed by atoms with E-state index in [1.807, 2.05) is 6.92 Å². The molecule has 0 spiro atoms. The quantitative estimate of drug-likeness (QED) is 0.682. The van der Waals surface area contributed by atoms with Crippen molar-refractivity contribution in [2.45, 2.75) is 32.2 Å². The van der Waals surface area contributed by atoms with E-state index in [0.717, 1.165) is 12.8 Å². The summed E-state index contributed by atoms with van der Waals surface area (Å²) >= 11 is 0. The SMILES string of the molecule is CCC1COCCN1S(=O)(=O)CCCCN. The minimum absolute atomic E-state index is 0.0108. The number of hydrogen-bond donors (Lipinski definition) is 1. The summed E-state index contributed by atoms with van der Waals surface area (Å²) < 4.78 is 31.0. The Bertz CT molecular complexity index is 292. The van der Waals surface area contributed by atoms with Crippen LogP contribution in [-0.2, 0) is 14.8 Å². The van der Waals surface area contributed by atoms with Gasteiger partial charge in [-0.2, -0.15) is 4.31 Å². The van der Waals surface area contributed by atoms with Crippen molar-refractivity contribution < 1.29 is 13.2 Å². The summed E-state index contributed by atoms with van der Waals surface area (Å²) in [6, 6.07) is 0.0108. The van der Waals surface area contributed by atoms with Crippen LogP contribution in [0.15, 0.2) is 0 Å². The molecule has 0 bridgehead atoms. The number of nitrogens with zero attached hydrogens (tertiary/aromatic N) is 1. The number of sulfonamides is 1. The maximum absolute atomic E-state index is 12.1. The smallest absolute Gasteiger partial charge is 0.214 e. The van der Waals surface area contributed by atoms with Crippen molar-refractivity contribution in [3.8, 4) is 0 Å². The molecule has 1 unspecified atom stereocenters. The average molecular weight is 250 g/mol. The lowest BCUT2D eigenvalue weighted by atomic mass is 10.2. The molecule has 1 aliphatic rings. The van der Waals surface area contributed by atoms with Crippen LogP contribution >= 0.6 is 0 Å². The summed E-state index contributed by atoms with van der Waals surface area (Å²) in [4.78, 5) is 0. The molecule has 2 N–H and O–H groups in total. The fourth-order valence-electron chi connectivity index (χ4n) is 1.87. The third-order valence-electron chi connectivity index (χ3n) is 2.86. The van der Waals surface area contributed by atoms with E-state index < -0.39 is 10.0 Å². The lowest BCUT2D eigenvalue weighted by Gasteiger charge is -2.34. The second kappa shape index (κ2) is 6.54. The molecule has 1 saturated heterocycles. The normalized spacial score (nSPS) is 23.5. The van der Waals surface area contributed by atoms with Crippen molar-refractivity contribution in [1.82, 2.24) is 4.31 Å². The zero-order valence-corrected chi connectivity index (χ0v) is 10.7. The van der Waals surface area contributed by atoms with E-state index in [1.165, 1.54) is 0 Å². The van der Waals surface area contributed by atoms with Gasteiger partial charge in [-0.15, -0.1) is 0 Å². The molecule has 1 fully saturated rings. The molecular formula is C10H22N2O3S. The van der Waals surface area contributed by atoms with E-state index >= 15 is 0 Å². The van der Waals surface area contributed by atoms with E-state index in [0.29, 0.717) is 32.7 Å². The highest BCUT2D eigenvalue weighted by Crippen LogP contribution is 2.16. The van der Waals surface area contributed by atoms with E-state index in [-0.39, 0.29) is 11.8 Å². The standard InChI is InChI=1S/C10H22N2O3S/c1-2-10-9-15-7-6-12(10)16(13,14)8-4-3-5-11/h10H,2-9,11H2,1H3. The highest BCUT2D eigenvalue weighted by Gasteiger charge is 2.30. The third-order valence-corrected chi connectivity index (χ3v) is 4.86. The van der Waals surface area contributed by atoms with Crippen LogP contribution < -0.4 is 5.73 Å². The molecule has 96 valence electrons. The van der Waals surface area contributed by atoms with Crippen LogP contribution in [0.5, 0.6) is 0 Å². The molecule has 1 aliphatic heterocycles. The maximum atomic E-state index is 12.1. The summed E-state index contributed by atoms with van der Waals surface area (Å²) in [5.41, 5.74) is 5.36. The van der Waals surface area contributed by atoms with E-state index in [4.69, 9.17) is 10.5 Å². The Kier molecular flexibility index (Phi) is 5.68. The Morgan fingerprint density at radius 1 is 1.44 bits per heavy atom. The largest absolute Gasteiger partial charge is 0.378 e. The second-order valence-corrected chi connectivity index (χ2v) is 6.10. The molecule has 0 amide bonds. The predicted molar refractivity (Wildman–Crippen MR) is 63.7 cm³/mol. The number of ether oxygens (including phenoxy) is 1. The van der Waals surface area contributed by atoms with Gasteiger partial charge in [0, 0.05) is 12.6 Å². The van der Waals surface area contributed by atoms with Gasteiger partial charge in [-0.3, -0.25) is 0 Å². The van der Waals surface area contributed by atoms with Gasteiger partial charge in [-0.1, -0.05) is 6.92 Å². The molecule has 0 radical (unpaired) electrons. The summed E-state index contributed by atoms with van der Waals surface area (Å²) in [5.74, 6) is 0.209. The minimum atomic E-state index is -3.12. The van der Waals surface area contributed by atoms with E-state index in [9.17, 15) is 8.42 Å². The number of rotatable bonds is 6. The summed E-state index contributed by atoms with van der Waals surface area (Å²) in [6.07, 6.45) is 2.21. The first-order valence-electron chi connectivity index (χ1n) is 5.89. The van der Waals surface area contributed by atoms with Gasteiger partial charge in [0.25, 0.3) is 0 Å². The van der Waals surface area contributed by atoms with Gasteiger partial charge >= 0.3 is 0 Å². The molecule has 0 aromatic heterocycles. The molecule has 0 aliphatic carbocycles. The topological polar surface area (TPSA) is 72.6 Å². The van der Waals surface area contributed by atoms with Gasteiger partial charge in [-0.05, 0) is 25.8 Å². The van der Waals surface area contributed by atoms with Gasteiger partial charge in [0.2, 0.25) is 10.0 Å². The van der Waals surface area contributed by atoms with Gasteiger partial charge in [0.15, 0.2) is 0 Å². The van der Waals surface area contributed by atoms with Gasteiger partial charge < -0.3 is 10.5 Å². The summed E-state index contributed by atoms with van der Waals surface area (Å²) in [5, 5.41) is 0. The first-order valence-corrected chi connectivity index (χ1v) is 7.50. The number of nitrogens with two attached hydrogens (primary N) is 1. The molecule has 0 aromatic rings. The van der Waals surface area contributed by atoms with Crippen LogP contribution in [0.2, 0.25) is 0 Å². The highest BCUT2D eigenvalue weighted by molar-refractivity contribution is 7.89. The third kappa shape index (κ3) is 3.69. The van der Waals surface area contributed by atoms with Crippen molar-refractivity contribution in [2.75, 3.05) is 32.1 Å². The fourth-order valence-corrected chi connectivity index (χ4v) is 3.69. The van der Waals surface area contributed by atoms with E-state index in [2.05, 4.69) is 0 Å². The summed E-state index contributed by atoms with van der Waals surface area (Å²) in [6.45, 7) is 4.06. The number of hydrogen-bond acceptors (Lipinski definition) is 4. The van der Waals surface area contributed by atoms with Crippen LogP contribution in [0, 0.1) is 0 Å². The Balaban J connectivity index is 2.57. The van der Waals surface area contributed by atoms with E-state index in [1.54, 1.807) is 4.31 Å². The van der Waals surface area contributed by atoms with Gasteiger partial charge in [0.05, 0.1) is 19.0 Å². The van der Waals surface area contributed by atoms with Crippen LogP contribution in [0.1, 0.15) is 26.2 Å². The van der Waals surface area contributed by atoms with Crippen LogP contribution in [0.3, 0.4) is 0 Å². The zero-order valence-electron chi connectivity index (χ0n) is 9.89. The fraction of sp³-hybridized carbons (Fsp3) is 1.00.